The van der Waals surface area contributed by atoms with Crippen molar-refractivity contribution >= 4 is 11.7 Å². The molecule has 1 saturated heterocycles. The summed E-state index contributed by atoms with van der Waals surface area (Å²) in [6.07, 6.45) is 1.06. The fourth-order valence-electron chi connectivity index (χ4n) is 4.57. The third-order valence-corrected chi connectivity index (χ3v) is 6.36. The van der Waals surface area contributed by atoms with Crippen molar-refractivity contribution in [2.75, 3.05) is 46.3 Å². The molecule has 32 heavy (non-hydrogen) atoms. The van der Waals surface area contributed by atoms with Gasteiger partial charge < -0.3 is 34.4 Å². The molecule has 2 aromatic rings. The number of benzene rings is 2. The lowest BCUT2D eigenvalue weighted by molar-refractivity contribution is 0.0744. The molecule has 0 radical (unpaired) electrons. The number of carbonyl (C=O) groups is 1. The molecule has 0 saturated carbocycles. The first kappa shape index (κ1) is 22.2. The maximum absolute atomic E-state index is 12.6. The minimum absolute atomic E-state index is 0.0281. The minimum Gasteiger partial charge on any atom is -0.493 e. The van der Waals surface area contributed by atoms with Crippen LogP contribution >= 0.6 is 0 Å². The lowest BCUT2D eigenvalue weighted by Gasteiger charge is -2.41. The van der Waals surface area contributed by atoms with Crippen molar-refractivity contribution in [1.82, 2.24) is 9.80 Å². The molecule has 1 fully saturated rings. The van der Waals surface area contributed by atoms with Gasteiger partial charge in [0.15, 0.2) is 11.5 Å². The number of methoxy groups -OCH3 is 3. The number of likely N-dealkylation sites (tertiary alicyclic amines) is 1. The van der Waals surface area contributed by atoms with Gasteiger partial charge in [-0.2, -0.15) is 0 Å². The second kappa shape index (κ2) is 9.67. The molecule has 2 heterocycles. The highest BCUT2D eigenvalue weighted by Gasteiger charge is 2.32. The van der Waals surface area contributed by atoms with E-state index in [9.17, 15) is 9.90 Å². The molecular formula is C24H31N3O5. The molecule has 2 N–H and O–H groups in total. The van der Waals surface area contributed by atoms with E-state index in [2.05, 4.69) is 16.3 Å². The molecule has 4 rings (SSSR count). The zero-order valence-corrected chi connectivity index (χ0v) is 18.8. The average molecular weight is 442 g/mol. The second-order valence-electron chi connectivity index (χ2n) is 8.22. The summed E-state index contributed by atoms with van der Waals surface area (Å²) in [6, 6.07) is 11.7. The Morgan fingerprint density at radius 3 is 2.34 bits per heavy atom. The van der Waals surface area contributed by atoms with E-state index in [1.807, 2.05) is 23.1 Å². The molecule has 8 nitrogen and oxygen atoms in total. The summed E-state index contributed by atoms with van der Waals surface area (Å²) in [5.41, 5.74) is 2.76. The topological polar surface area (TPSA) is 83.5 Å². The number of carbonyl (C=O) groups excluding carboxylic acids is 1. The average Bonchev–Trinajstić information content (AvgIpc) is 2.83. The number of anilines is 1. The van der Waals surface area contributed by atoms with Crippen LogP contribution in [0.2, 0.25) is 0 Å². The van der Waals surface area contributed by atoms with Crippen molar-refractivity contribution in [2.45, 2.75) is 31.5 Å². The van der Waals surface area contributed by atoms with Gasteiger partial charge >= 0.3 is 6.03 Å². The lowest BCUT2D eigenvalue weighted by Crippen LogP contribution is -2.50. The minimum atomic E-state index is -0.689. The number of nitrogens with zero attached hydrogens (tertiary/aromatic N) is 2. The van der Waals surface area contributed by atoms with Crippen molar-refractivity contribution in [3.8, 4) is 17.2 Å². The summed E-state index contributed by atoms with van der Waals surface area (Å²) in [5, 5.41) is 13.9. The Balaban J connectivity index is 1.37. The standard InChI is InChI=1S/C24H31N3O5/c1-30-21-12-17(13-22(31-2)23(21)32-3)20(28)15-26-10-8-18(9-11-26)27-14-16-6-4-5-7-19(16)25-24(27)29/h4-7,12-13,18,20,28H,8-11,14-15H2,1-3H3,(H,25,29). The van der Waals surface area contributed by atoms with Crippen LogP contribution in [0.15, 0.2) is 36.4 Å². The summed E-state index contributed by atoms with van der Waals surface area (Å²) >= 11 is 0. The quantitative estimate of drug-likeness (QED) is 0.686. The van der Waals surface area contributed by atoms with E-state index in [1.54, 1.807) is 33.5 Å². The fourth-order valence-corrected chi connectivity index (χ4v) is 4.57. The number of nitrogens with one attached hydrogen (secondary N) is 1. The van der Waals surface area contributed by atoms with Crippen molar-refractivity contribution in [2.24, 2.45) is 0 Å². The zero-order chi connectivity index (χ0) is 22.7. The summed E-state index contributed by atoms with van der Waals surface area (Å²) in [4.78, 5) is 16.8. The molecule has 2 amide bonds. The van der Waals surface area contributed by atoms with Crippen molar-refractivity contribution in [3.63, 3.8) is 0 Å². The van der Waals surface area contributed by atoms with Crippen LogP contribution in [0.3, 0.4) is 0 Å². The fraction of sp³-hybridized carbons (Fsp3) is 0.458. The molecule has 0 aromatic heterocycles. The van der Waals surface area contributed by atoms with Crippen LogP contribution in [0.1, 0.15) is 30.1 Å². The number of aliphatic hydroxyl groups is 1. The maximum Gasteiger partial charge on any atom is 0.322 e. The van der Waals surface area contributed by atoms with Crippen LogP contribution in [0.5, 0.6) is 17.2 Å². The van der Waals surface area contributed by atoms with Gasteiger partial charge in [0, 0.05) is 37.9 Å². The summed E-state index contributed by atoms with van der Waals surface area (Å²) < 4.78 is 16.2. The molecule has 8 heteroatoms. The van der Waals surface area contributed by atoms with Crippen molar-refractivity contribution in [3.05, 3.63) is 47.5 Å². The third-order valence-electron chi connectivity index (χ3n) is 6.36. The number of β-amino-alcohol motifs (C(OH)–C–C–N with tert-alkyl or cyclic N) is 1. The number of ether oxygens (including phenoxy) is 3. The summed E-state index contributed by atoms with van der Waals surface area (Å²) in [7, 11) is 4.68. The monoisotopic (exact) mass is 441 g/mol. The first-order valence-corrected chi connectivity index (χ1v) is 10.9. The van der Waals surface area contributed by atoms with Crippen LogP contribution in [0.25, 0.3) is 0 Å². The number of aliphatic hydroxyl groups excluding tert-OH is 1. The highest BCUT2D eigenvalue weighted by molar-refractivity contribution is 5.92. The molecule has 1 unspecified atom stereocenters. The Morgan fingerprint density at radius 2 is 1.72 bits per heavy atom. The summed E-state index contributed by atoms with van der Waals surface area (Å²) in [6.45, 7) is 2.77. The molecule has 0 bridgehead atoms. The van der Waals surface area contributed by atoms with E-state index < -0.39 is 6.10 Å². The van der Waals surface area contributed by atoms with Crippen LogP contribution in [-0.4, -0.2) is 67.9 Å². The number of fused-ring (bicyclic) bond motifs is 1. The van der Waals surface area contributed by atoms with E-state index in [0.29, 0.717) is 35.9 Å². The van der Waals surface area contributed by atoms with Crippen LogP contribution in [-0.2, 0) is 6.54 Å². The van der Waals surface area contributed by atoms with Gasteiger partial charge in [-0.15, -0.1) is 0 Å². The van der Waals surface area contributed by atoms with Gasteiger partial charge in [-0.25, -0.2) is 4.79 Å². The lowest BCUT2D eigenvalue weighted by atomic mass is 10.00. The Bertz CT molecular complexity index is 933. The molecule has 1 atom stereocenters. The Kier molecular flexibility index (Phi) is 6.72. The molecule has 2 aliphatic rings. The number of urea groups is 1. The van der Waals surface area contributed by atoms with Crippen LogP contribution in [0.4, 0.5) is 10.5 Å². The van der Waals surface area contributed by atoms with Gasteiger partial charge in [0.25, 0.3) is 0 Å². The smallest absolute Gasteiger partial charge is 0.322 e. The summed E-state index contributed by atoms with van der Waals surface area (Å²) in [5.74, 6) is 1.56. The van der Waals surface area contributed by atoms with E-state index in [4.69, 9.17) is 14.2 Å². The number of amides is 2. The maximum atomic E-state index is 12.6. The van der Waals surface area contributed by atoms with Gasteiger partial charge in [0.1, 0.15) is 0 Å². The van der Waals surface area contributed by atoms with E-state index in [1.165, 1.54) is 0 Å². The van der Waals surface area contributed by atoms with E-state index in [0.717, 1.165) is 37.2 Å². The first-order valence-electron chi connectivity index (χ1n) is 10.9. The molecule has 0 spiro atoms. The van der Waals surface area contributed by atoms with Gasteiger partial charge in [-0.3, -0.25) is 0 Å². The Labute approximate surface area is 188 Å². The highest BCUT2D eigenvalue weighted by Crippen LogP contribution is 2.40. The van der Waals surface area contributed by atoms with Crippen LogP contribution in [0, 0.1) is 0 Å². The van der Waals surface area contributed by atoms with Crippen LogP contribution < -0.4 is 19.5 Å². The first-order chi connectivity index (χ1) is 15.5. The van der Waals surface area contributed by atoms with Gasteiger partial charge in [-0.1, -0.05) is 18.2 Å². The molecule has 2 aliphatic heterocycles. The van der Waals surface area contributed by atoms with Crippen molar-refractivity contribution < 1.29 is 24.1 Å². The number of hydrogen-bond donors (Lipinski definition) is 2. The molecular weight excluding hydrogens is 410 g/mol. The van der Waals surface area contributed by atoms with Gasteiger partial charge in [0.2, 0.25) is 5.75 Å². The SMILES string of the molecule is COc1cc(C(O)CN2CCC(N3Cc4ccccc4NC3=O)CC2)cc(OC)c1OC. The third kappa shape index (κ3) is 4.47. The number of rotatable bonds is 7. The second-order valence-corrected chi connectivity index (χ2v) is 8.22. The van der Waals surface area contributed by atoms with E-state index in [-0.39, 0.29) is 12.1 Å². The zero-order valence-electron chi connectivity index (χ0n) is 18.8. The highest BCUT2D eigenvalue weighted by atomic mass is 16.5. The normalized spacial score (nSPS) is 18.0. The van der Waals surface area contributed by atoms with E-state index >= 15 is 0 Å². The Hall–Kier alpha value is -2.97. The Morgan fingerprint density at radius 1 is 1.06 bits per heavy atom. The number of hydrogen-bond acceptors (Lipinski definition) is 6. The van der Waals surface area contributed by atoms with Gasteiger partial charge in [0.05, 0.1) is 27.4 Å². The number of piperidine rings is 1. The molecule has 0 aliphatic carbocycles. The molecule has 2 aromatic carbocycles. The largest absolute Gasteiger partial charge is 0.493 e. The predicted molar refractivity (Wildman–Crippen MR) is 122 cm³/mol. The predicted octanol–water partition coefficient (Wildman–Crippen LogP) is 3.26. The van der Waals surface area contributed by atoms with Crippen molar-refractivity contribution in [1.29, 1.82) is 0 Å². The van der Waals surface area contributed by atoms with Gasteiger partial charge in [-0.05, 0) is 42.2 Å². The molecule has 172 valence electrons. The number of para-hydroxylation sites is 1.